The fourth-order valence-electron chi connectivity index (χ4n) is 2.91. The molecule has 1 aliphatic carbocycles. The molecule has 0 bridgehead atoms. The summed E-state index contributed by atoms with van der Waals surface area (Å²) in [6, 6.07) is 8.18. The van der Waals surface area contributed by atoms with Gasteiger partial charge in [0.2, 0.25) is 0 Å². The van der Waals surface area contributed by atoms with Crippen LogP contribution in [-0.4, -0.2) is 15.4 Å². The van der Waals surface area contributed by atoms with E-state index in [1.807, 2.05) is 25.1 Å². The van der Waals surface area contributed by atoms with E-state index in [9.17, 15) is 5.11 Å². The van der Waals surface area contributed by atoms with Crippen molar-refractivity contribution < 1.29 is 9.74 Å². The van der Waals surface area contributed by atoms with Gasteiger partial charge in [-0.15, -0.1) is 0 Å². The first-order chi connectivity index (χ1) is 9.25. The topological polar surface area (TPSA) is 59.2 Å². The quantitative estimate of drug-likeness (QED) is 0.841. The third kappa shape index (κ3) is 2.40. The smallest absolute Gasteiger partial charge is 0.108 e. The number of aromatic nitrogens is 2. The zero-order chi connectivity index (χ0) is 13.2. The van der Waals surface area contributed by atoms with Crippen LogP contribution in [0.5, 0.6) is 0 Å². The Labute approximate surface area is 112 Å². The molecule has 1 aliphatic rings. The van der Waals surface area contributed by atoms with E-state index in [1.165, 1.54) is 5.56 Å². The highest BCUT2D eigenvalue weighted by Gasteiger charge is 2.27. The van der Waals surface area contributed by atoms with Gasteiger partial charge in [-0.25, -0.2) is 4.63 Å². The van der Waals surface area contributed by atoms with Crippen LogP contribution in [0.1, 0.15) is 41.5 Å². The molecule has 1 N–H and O–H groups in total. The molecule has 2 atom stereocenters. The van der Waals surface area contributed by atoms with Crippen LogP contribution in [0.3, 0.4) is 0 Å². The van der Waals surface area contributed by atoms with Crippen LogP contribution in [-0.2, 0) is 12.8 Å². The lowest BCUT2D eigenvalue weighted by molar-refractivity contribution is 0.104. The van der Waals surface area contributed by atoms with E-state index in [4.69, 9.17) is 4.63 Å². The van der Waals surface area contributed by atoms with Gasteiger partial charge in [0.05, 0.1) is 6.10 Å². The minimum absolute atomic E-state index is 0.189. The Bertz CT molecular complexity index is 565. The number of aliphatic hydroxyl groups is 1. The van der Waals surface area contributed by atoms with Gasteiger partial charge in [-0.1, -0.05) is 34.6 Å². The summed E-state index contributed by atoms with van der Waals surface area (Å²) in [7, 11) is 0. The SMILES string of the molecule is Cc1nonc1CC1CCCc2ccccc2C1O. The minimum atomic E-state index is -0.421. The highest BCUT2D eigenvalue weighted by Crippen LogP contribution is 2.35. The van der Waals surface area contributed by atoms with Gasteiger partial charge >= 0.3 is 0 Å². The zero-order valence-electron chi connectivity index (χ0n) is 11.0. The molecule has 3 rings (SSSR count). The summed E-state index contributed by atoms with van der Waals surface area (Å²) in [5.74, 6) is 0.189. The number of aliphatic hydroxyl groups excluding tert-OH is 1. The second kappa shape index (κ2) is 5.13. The molecule has 19 heavy (non-hydrogen) atoms. The molecule has 100 valence electrons. The Morgan fingerprint density at radius 1 is 1.32 bits per heavy atom. The van der Waals surface area contributed by atoms with Crippen LogP contribution in [0.25, 0.3) is 0 Å². The molecule has 2 aromatic rings. The van der Waals surface area contributed by atoms with Crippen molar-refractivity contribution in [3.63, 3.8) is 0 Å². The highest BCUT2D eigenvalue weighted by molar-refractivity contribution is 5.31. The Balaban J connectivity index is 1.86. The van der Waals surface area contributed by atoms with Crippen molar-refractivity contribution >= 4 is 0 Å². The molecule has 4 nitrogen and oxygen atoms in total. The van der Waals surface area contributed by atoms with Crippen molar-refractivity contribution in [1.29, 1.82) is 0 Å². The molecule has 1 aromatic heterocycles. The highest BCUT2D eigenvalue weighted by atomic mass is 16.6. The van der Waals surface area contributed by atoms with E-state index < -0.39 is 6.10 Å². The first kappa shape index (κ1) is 12.4. The summed E-state index contributed by atoms with van der Waals surface area (Å²) in [6.07, 6.45) is 3.45. The normalized spacial score (nSPS) is 22.8. The molecule has 0 spiro atoms. The Morgan fingerprint density at radius 3 is 2.95 bits per heavy atom. The van der Waals surface area contributed by atoms with E-state index in [1.54, 1.807) is 0 Å². The van der Waals surface area contributed by atoms with Gasteiger partial charge < -0.3 is 5.11 Å². The van der Waals surface area contributed by atoms with E-state index in [0.717, 1.165) is 42.6 Å². The summed E-state index contributed by atoms with van der Waals surface area (Å²) in [5, 5.41) is 18.4. The third-order valence-corrected chi connectivity index (χ3v) is 4.04. The van der Waals surface area contributed by atoms with Crippen LogP contribution in [0, 0.1) is 12.8 Å². The average Bonchev–Trinajstić information content (AvgIpc) is 2.75. The molecule has 0 radical (unpaired) electrons. The molecule has 2 unspecified atom stereocenters. The number of fused-ring (bicyclic) bond motifs is 1. The molecule has 1 aromatic carbocycles. The van der Waals surface area contributed by atoms with Crippen molar-refractivity contribution in [1.82, 2.24) is 10.3 Å². The van der Waals surface area contributed by atoms with Crippen molar-refractivity contribution in [2.75, 3.05) is 0 Å². The monoisotopic (exact) mass is 258 g/mol. The summed E-state index contributed by atoms with van der Waals surface area (Å²) >= 11 is 0. The van der Waals surface area contributed by atoms with E-state index in [-0.39, 0.29) is 5.92 Å². The number of rotatable bonds is 2. The van der Waals surface area contributed by atoms with Crippen molar-refractivity contribution in [2.45, 2.75) is 38.7 Å². The molecule has 0 fully saturated rings. The maximum Gasteiger partial charge on any atom is 0.108 e. The van der Waals surface area contributed by atoms with Gasteiger partial charge in [0.25, 0.3) is 0 Å². The zero-order valence-corrected chi connectivity index (χ0v) is 11.0. The summed E-state index contributed by atoms with van der Waals surface area (Å²) in [5.41, 5.74) is 4.03. The van der Waals surface area contributed by atoms with Gasteiger partial charge in [-0.2, -0.15) is 0 Å². The molecule has 1 heterocycles. The number of hydrogen-bond donors (Lipinski definition) is 1. The maximum atomic E-state index is 10.6. The van der Waals surface area contributed by atoms with E-state index in [0.29, 0.717) is 0 Å². The first-order valence-electron chi connectivity index (χ1n) is 6.79. The lowest BCUT2D eigenvalue weighted by atomic mass is 9.89. The van der Waals surface area contributed by atoms with Gasteiger partial charge in [-0.3, -0.25) is 0 Å². The Kier molecular flexibility index (Phi) is 3.34. The summed E-state index contributed by atoms with van der Waals surface area (Å²) in [4.78, 5) is 0. The number of aryl methyl sites for hydroxylation is 2. The molecule has 0 saturated heterocycles. The van der Waals surface area contributed by atoms with Gasteiger partial charge in [0, 0.05) is 6.42 Å². The van der Waals surface area contributed by atoms with Gasteiger partial charge in [-0.05, 0) is 43.2 Å². The summed E-state index contributed by atoms with van der Waals surface area (Å²) in [6.45, 7) is 1.89. The fraction of sp³-hybridized carbons (Fsp3) is 0.467. The molecule has 0 aliphatic heterocycles. The Hall–Kier alpha value is -1.68. The predicted octanol–water partition coefficient (Wildman–Crippen LogP) is 2.61. The van der Waals surface area contributed by atoms with Crippen LogP contribution >= 0.6 is 0 Å². The van der Waals surface area contributed by atoms with Gasteiger partial charge in [0.1, 0.15) is 11.4 Å². The lowest BCUT2D eigenvalue weighted by Gasteiger charge is -2.21. The fourth-order valence-corrected chi connectivity index (χ4v) is 2.91. The van der Waals surface area contributed by atoms with Crippen LogP contribution in [0.4, 0.5) is 0 Å². The molecule has 4 heteroatoms. The predicted molar refractivity (Wildman–Crippen MR) is 70.6 cm³/mol. The van der Waals surface area contributed by atoms with Crippen molar-refractivity contribution in [3.05, 3.63) is 46.8 Å². The van der Waals surface area contributed by atoms with Gasteiger partial charge in [0.15, 0.2) is 0 Å². The second-order valence-corrected chi connectivity index (χ2v) is 5.30. The number of hydrogen-bond acceptors (Lipinski definition) is 4. The van der Waals surface area contributed by atoms with Crippen LogP contribution in [0.2, 0.25) is 0 Å². The Morgan fingerprint density at radius 2 is 2.16 bits per heavy atom. The molecular weight excluding hydrogens is 240 g/mol. The molecule has 0 saturated carbocycles. The first-order valence-corrected chi connectivity index (χ1v) is 6.79. The van der Waals surface area contributed by atoms with E-state index in [2.05, 4.69) is 16.4 Å². The second-order valence-electron chi connectivity index (χ2n) is 5.30. The lowest BCUT2D eigenvalue weighted by Crippen LogP contribution is -2.15. The third-order valence-electron chi connectivity index (χ3n) is 4.04. The number of benzene rings is 1. The van der Waals surface area contributed by atoms with E-state index >= 15 is 0 Å². The van der Waals surface area contributed by atoms with Crippen molar-refractivity contribution in [2.24, 2.45) is 5.92 Å². The summed E-state index contributed by atoms with van der Waals surface area (Å²) < 4.78 is 4.74. The van der Waals surface area contributed by atoms with Crippen LogP contribution in [0.15, 0.2) is 28.9 Å². The van der Waals surface area contributed by atoms with Crippen molar-refractivity contribution in [3.8, 4) is 0 Å². The van der Waals surface area contributed by atoms with Crippen LogP contribution < -0.4 is 0 Å². The number of nitrogens with zero attached hydrogens (tertiary/aromatic N) is 2. The average molecular weight is 258 g/mol. The standard InChI is InChI=1S/C15H18N2O2/c1-10-14(17-19-16-10)9-12-7-4-6-11-5-2-3-8-13(11)15(12)18/h2-3,5,8,12,15,18H,4,6-7,9H2,1H3. The molecule has 0 amide bonds. The minimum Gasteiger partial charge on any atom is -0.388 e. The largest absolute Gasteiger partial charge is 0.388 e. The molecular formula is C15H18N2O2. The maximum absolute atomic E-state index is 10.6.